The highest BCUT2D eigenvalue weighted by atomic mass is 16.5. The predicted octanol–water partition coefficient (Wildman–Crippen LogP) is 2.40. The third kappa shape index (κ3) is 5.45. The maximum absolute atomic E-state index is 12.7. The molecule has 0 bridgehead atoms. The van der Waals surface area contributed by atoms with Crippen LogP contribution in [0.5, 0.6) is 0 Å². The minimum Gasteiger partial charge on any atom is -0.378 e. The van der Waals surface area contributed by atoms with Crippen LogP contribution in [0.2, 0.25) is 0 Å². The number of aryl methyl sites for hydroxylation is 1. The van der Waals surface area contributed by atoms with Crippen molar-refractivity contribution in [1.29, 1.82) is 0 Å². The summed E-state index contributed by atoms with van der Waals surface area (Å²) in [6, 6.07) is 8.49. The number of ether oxygens (including phenoxy) is 1. The topological polar surface area (TPSA) is 36.0 Å². The Morgan fingerprint density at radius 3 is 2.54 bits per heavy atom. The van der Waals surface area contributed by atoms with Crippen LogP contribution in [-0.2, 0) is 16.0 Å². The number of carbonyl (C=O) groups excluding carboxylic acids is 1. The molecular formula is C21H33N3O2. The highest BCUT2D eigenvalue weighted by molar-refractivity contribution is 5.76. The number of rotatable bonds is 6. The number of hydrogen-bond acceptors (Lipinski definition) is 4. The molecule has 1 atom stereocenters. The monoisotopic (exact) mass is 359 g/mol. The lowest BCUT2D eigenvalue weighted by Gasteiger charge is -2.27. The van der Waals surface area contributed by atoms with Crippen molar-refractivity contribution < 1.29 is 9.53 Å². The van der Waals surface area contributed by atoms with Crippen LogP contribution in [0.4, 0.5) is 5.69 Å². The van der Waals surface area contributed by atoms with Gasteiger partial charge in [-0.1, -0.05) is 12.1 Å². The second-order valence-electron chi connectivity index (χ2n) is 7.75. The fourth-order valence-corrected chi connectivity index (χ4v) is 3.86. The summed E-state index contributed by atoms with van der Waals surface area (Å²) in [7, 11) is 4.08. The molecule has 5 nitrogen and oxygen atoms in total. The lowest BCUT2D eigenvalue weighted by molar-refractivity contribution is -0.132. The van der Waals surface area contributed by atoms with Crippen LogP contribution in [0.15, 0.2) is 24.3 Å². The van der Waals surface area contributed by atoms with E-state index in [2.05, 4.69) is 34.1 Å². The first-order valence-electron chi connectivity index (χ1n) is 10.00. The Hall–Kier alpha value is -1.59. The van der Waals surface area contributed by atoms with Gasteiger partial charge < -0.3 is 19.4 Å². The molecule has 2 saturated heterocycles. The van der Waals surface area contributed by atoms with Gasteiger partial charge in [0.2, 0.25) is 5.91 Å². The summed E-state index contributed by atoms with van der Waals surface area (Å²) in [4.78, 5) is 19.3. The number of hydrogen-bond donors (Lipinski definition) is 0. The highest BCUT2D eigenvalue weighted by Gasteiger charge is 2.25. The molecule has 1 aromatic carbocycles. The molecule has 144 valence electrons. The number of nitrogens with zero attached hydrogens (tertiary/aromatic N) is 3. The van der Waals surface area contributed by atoms with Crippen LogP contribution in [0.1, 0.15) is 31.2 Å². The molecule has 2 aliphatic rings. The molecule has 1 aromatic rings. The zero-order valence-electron chi connectivity index (χ0n) is 16.3. The number of amides is 1. The van der Waals surface area contributed by atoms with Gasteiger partial charge in [0, 0.05) is 52.4 Å². The molecule has 0 saturated carbocycles. The Morgan fingerprint density at radius 1 is 1.12 bits per heavy atom. The highest BCUT2D eigenvalue weighted by Crippen LogP contribution is 2.16. The van der Waals surface area contributed by atoms with Crippen molar-refractivity contribution >= 4 is 11.6 Å². The summed E-state index contributed by atoms with van der Waals surface area (Å²) in [5.74, 6) is 0.263. The van der Waals surface area contributed by atoms with Crippen molar-refractivity contribution in [2.75, 3.05) is 58.3 Å². The average molecular weight is 360 g/mol. The zero-order chi connectivity index (χ0) is 18.4. The maximum atomic E-state index is 12.7. The van der Waals surface area contributed by atoms with E-state index in [0.29, 0.717) is 6.42 Å². The summed E-state index contributed by atoms with van der Waals surface area (Å²) in [5, 5.41) is 0. The normalized spacial score (nSPS) is 21.6. The van der Waals surface area contributed by atoms with E-state index >= 15 is 0 Å². The van der Waals surface area contributed by atoms with Gasteiger partial charge in [-0.2, -0.15) is 0 Å². The van der Waals surface area contributed by atoms with Gasteiger partial charge in [-0.25, -0.2) is 0 Å². The van der Waals surface area contributed by atoms with Crippen LogP contribution in [0, 0.1) is 0 Å². The molecule has 2 fully saturated rings. The van der Waals surface area contributed by atoms with E-state index < -0.39 is 0 Å². The standard InChI is InChI=1S/C21H33N3O2/c1-22(2)19-9-6-18(7-10-19)8-11-21(25)24-14-5-15-26-20(17-24)16-23-12-3-4-13-23/h6-7,9-10,20H,3-5,8,11-17H2,1-2H3/t20-/m0/s1. The SMILES string of the molecule is CN(C)c1ccc(CCC(=O)N2CCCO[C@@H](CN3CCCC3)C2)cc1. The van der Waals surface area contributed by atoms with E-state index in [1.165, 1.54) is 37.2 Å². The molecule has 0 spiro atoms. The summed E-state index contributed by atoms with van der Waals surface area (Å²) >= 11 is 0. The van der Waals surface area contributed by atoms with Gasteiger partial charge in [0.15, 0.2) is 0 Å². The molecule has 0 aliphatic carbocycles. The first-order valence-corrected chi connectivity index (χ1v) is 10.00. The van der Waals surface area contributed by atoms with Gasteiger partial charge in [0.25, 0.3) is 0 Å². The lowest BCUT2D eigenvalue weighted by Crippen LogP contribution is -2.41. The molecule has 0 N–H and O–H groups in total. The van der Waals surface area contributed by atoms with Crippen LogP contribution in [0.25, 0.3) is 0 Å². The Bertz CT molecular complexity index is 567. The molecule has 0 aromatic heterocycles. The van der Waals surface area contributed by atoms with Gasteiger partial charge in [-0.15, -0.1) is 0 Å². The number of likely N-dealkylation sites (tertiary alicyclic amines) is 1. The molecule has 5 heteroatoms. The molecule has 2 heterocycles. The molecule has 0 radical (unpaired) electrons. The third-order valence-corrected chi connectivity index (χ3v) is 5.44. The Balaban J connectivity index is 1.49. The summed E-state index contributed by atoms with van der Waals surface area (Å²) in [6.07, 6.45) is 5.08. The van der Waals surface area contributed by atoms with Crippen LogP contribution in [-0.4, -0.2) is 75.2 Å². The van der Waals surface area contributed by atoms with Gasteiger partial charge in [-0.05, 0) is 56.5 Å². The van der Waals surface area contributed by atoms with Crippen molar-refractivity contribution in [1.82, 2.24) is 9.80 Å². The lowest BCUT2D eigenvalue weighted by atomic mass is 10.1. The van der Waals surface area contributed by atoms with Gasteiger partial charge in [0.05, 0.1) is 6.10 Å². The molecule has 3 rings (SSSR count). The van der Waals surface area contributed by atoms with Gasteiger partial charge >= 0.3 is 0 Å². The fraction of sp³-hybridized carbons (Fsp3) is 0.667. The fourth-order valence-electron chi connectivity index (χ4n) is 3.86. The first-order chi connectivity index (χ1) is 12.6. The first kappa shape index (κ1) is 19.2. The van der Waals surface area contributed by atoms with Crippen LogP contribution in [0.3, 0.4) is 0 Å². The average Bonchev–Trinajstić information content (AvgIpc) is 3.04. The third-order valence-electron chi connectivity index (χ3n) is 5.44. The van der Waals surface area contributed by atoms with Crippen molar-refractivity contribution in [3.63, 3.8) is 0 Å². The van der Waals surface area contributed by atoms with Crippen molar-refractivity contribution in [3.8, 4) is 0 Å². The number of carbonyl (C=O) groups is 1. The van der Waals surface area contributed by atoms with E-state index in [1.807, 2.05) is 19.0 Å². The van der Waals surface area contributed by atoms with E-state index in [9.17, 15) is 4.79 Å². The van der Waals surface area contributed by atoms with Crippen molar-refractivity contribution in [3.05, 3.63) is 29.8 Å². The van der Waals surface area contributed by atoms with E-state index in [4.69, 9.17) is 4.74 Å². The quantitative estimate of drug-likeness (QED) is 0.781. The summed E-state index contributed by atoms with van der Waals surface area (Å²) in [6.45, 7) is 5.67. The largest absolute Gasteiger partial charge is 0.378 e. The van der Waals surface area contributed by atoms with Crippen molar-refractivity contribution in [2.45, 2.75) is 38.2 Å². The Labute approximate surface area is 157 Å². The summed E-state index contributed by atoms with van der Waals surface area (Å²) < 4.78 is 6.00. The Morgan fingerprint density at radius 2 is 1.85 bits per heavy atom. The van der Waals surface area contributed by atoms with Gasteiger partial charge in [-0.3, -0.25) is 4.79 Å². The van der Waals surface area contributed by atoms with E-state index in [1.54, 1.807) is 0 Å². The number of anilines is 1. The number of benzene rings is 1. The smallest absolute Gasteiger partial charge is 0.222 e. The molecule has 26 heavy (non-hydrogen) atoms. The van der Waals surface area contributed by atoms with Crippen LogP contribution < -0.4 is 4.90 Å². The minimum atomic E-state index is 0.166. The van der Waals surface area contributed by atoms with Crippen LogP contribution >= 0.6 is 0 Å². The second kappa shape index (κ2) is 9.38. The predicted molar refractivity (Wildman–Crippen MR) is 106 cm³/mol. The zero-order valence-corrected chi connectivity index (χ0v) is 16.3. The summed E-state index contributed by atoms with van der Waals surface area (Å²) in [5.41, 5.74) is 2.41. The maximum Gasteiger partial charge on any atom is 0.222 e. The molecule has 1 amide bonds. The van der Waals surface area contributed by atoms with E-state index in [-0.39, 0.29) is 12.0 Å². The molecule has 2 aliphatic heterocycles. The minimum absolute atomic E-state index is 0.166. The van der Waals surface area contributed by atoms with Gasteiger partial charge in [0.1, 0.15) is 0 Å². The second-order valence-corrected chi connectivity index (χ2v) is 7.75. The molecular weight excluding hydrogens is 326 g/mol. The Kier molecular flexibility index (Phi) is 6.92. The molecule has 0 unspecified atom stereocenters. The van der Waals surface area contributed by atoms with Crippen molar-refractivity contribution in [2.24, 2.45) is 0 Å². The van der Waals surface area contributed by atoms with E-state index in [0.717, 1.165) is 39.1 Å².